The van der Waals surface area contributed by atoms with Gasteiger partial charge < -0.3 is 9.47 Å². The highest BCUT2D eigenvalue weighted by molar-refractivity contribution is 9.10. The van der Waals surface area contributed by atoms with Gasteiger partial charge >= 0.3 is 0 Å². The molecule has 2 aromatic carbocycles. The Kier molecular flexibility index (Phi) is 8.11. The summed E-state index contributed by atoms with van der Waals surface area (Å²) in [5.41, 5.74) is 1.41. The van der Waals surface area contributed by atoms with E-state index in [9.17, 15) is 9.59 Å². The lowest BCUT2D eigenvalue weighted by Gasteiger charge is -2.14. The molecule has 0 radical (unpaired) electrons. The smallest absolute Gasteiger partial charge is 0.293 e. The molecule has 2 amide bonds. The van der Waals surface area contributed by atoms with Crippen molar-refractivity contribution >= 4 is 68.1 Å². The molecule has 0 atom stereocenters. The molecule has 5 nitrogen and oxygen atoms in total. The Bertz CT molecular complexity index is 1070. The fourth-order valence-corrected chi connectivity index (χ4v) is 4.56. The van der Waals surface area contributed by atoms with Crippen LogP contribution in [-0.4, -0.2) is 29.3 Å². The van der Waals surface area contributed by atoms with Crippen molar-refractivity contribution in [1.29, 1.82) is 0 Å². The quantitative estimate of drug-likeness (QED) is 0.266. The fourth-order valence-electron chi connectivity index (χ4n) is 2.82. The lowest BCUT2D eigenvalue weighted by Crippen LogP contribution is -2.27. The van der Waals surface area contributed by atoms with Crippen LogP contribution in [0.15, 0.2) is 52.4 Å². The van der Waals surface area contributed by atoms with Gasteiger partial charge in [-0.3, -0.25) is 14.5 Å². The Hall–Kier alpha value is -1.93. The van der Waals surface area contributed by atoms with Gasteiger partial charge in [0.2, 0.25) is 0 Å². The Morgan fingerprint density at radius 1 is 1.16 bits per heavy atom. The minimum absolute atomic E-state index is 0.112. The molecule has 0 unspecified atom stereocenters. The first kappa shape index (κ1) is 23.7. The number of thioether (sulfide) groups is 1. The van der Waals surface area contributed by atoms with Crippen molar-refractivity contribution in [1.82, 2.24) is 4.90 Å². The molecular formula is C22H18BrCl2NO4S. The highest BCUT2D eigenvalue weighted by atomic mass is 79.9. The highest BCUT2D eigenvalue weighted by Crippen LogP contribution is 2.39. The number of rotatable bonds is 8. The molecule has 0 aliphatic carbocycles. The van der Waals surface area contributed by atoms with E-state index in [4.69, 9.17) is 32.7 Å². The Balaban J connectivity index is 1.86. The molecular weight excluding hydrogens is 525 g/mol. The van der Waals surface area contributed by atoms with Crippen LogP contribution in [0.1, 0.15) is 18.1 Å². The fraction of sp³-hybridized carbons (Fsp3) is 0.182. The summed E-state index contributed by atoms with van der Waals surface area (Å²) in [6.45, 7) is 6.40. The van der Waals surface area contributed by atoms with Crippen molar-refractivity contribution in [3.05, 3.63) is 73.5 Å². The minimum atomic E-state index is -0.373. The molecule has 1 aliphatic rings. The van der Waals surface area contributed by atoms with E-state index in [0.29, 0.717) is 55.3 Å². The first-order chi connectivity index (χ1) is 14.8. The second-order valence-corrected chi connectivity index (χ2v) is 9.04. The molecule has 0 bridgehead atoms. The predicted molar refractivity (Wildman–Crippen MR) is 129 cm³/mol. The van der Waals surface area contributed by atoms with Crippen molar-refractivity contribution < 1.29 is 19.1 Å². The number of hydrogen-bond acceptors (Lipinski definition) is 5. The molecule has 9 heteroatoms. The van der Waals surface area contributed by atoms with E-state index in [-0.39, 0.29) is 17.7 Å². The molecule has 1 saturated heterocycles. The number of ether oxygens (including phenoxy) is 2. The van der Waals surface area contributed by atoms with E-state index >= 15 is 0 Å². The van der Waals surface area contributed by atoms with E-state index in [2.05, 4.69) is 22.5 Å². The number of imide groups is 1. The van der Waals surface area contributed by atoms with E-state index in [0.717, 1.165) is 11.8 Å². The topological polar surface area (TPSA) is 55.8 Å². The van der Waals surface area contributed by atoms with Gasteiger partial charge in [-0.05, 0) is 76.1 Å². The molecule has 0 spiro atoms. The molecule has 0 aromatic heterocycles. The summed E-state index contributed by atoms with van der Waals surface area (Å²) >= 11 is 16.3. The lowest BCUT2D eigenvalue weighted by atomic mass is 10.1. The van der Waals surface area contributed by atoms with Gasteiger partial charge in [0, 0.05) is 0 Å². The van der Waals surface area contributed by atoms with Gasteiger partial charge in [-0.1, -0.05) is 41.9 Å². The van der Waals surface area contributed by atoms with Gasteiger partial charge in [0.25, 0.3) is 11.1 Å². The number of amides is 2. The van der Waals surface area contributed by atoms with E-state index in [1.54, 1.807) is 42.5 Å². The monoisotopic (exact) mass is 541 g/mol. The maximum Gasteiger partial charge on any atom is 0.293 e. The maximum absolute atomic E-state index is 12.9. The summed E-state index contributed by atoms with van der Waals surface area (Å²) in [7, 11) is 0. The summed E-state index contributed by atoms with van der Waals surface area (Å²) < 4.78 is 12.0. The van der Waals surface area contributed by atoms with Gasteiger partial charge in [-0.15, -0.1) is 0 Å². The predicted octanol–water partition coefficient (Wildman–Crippen LogP) is 6.96. The van der Waals surface area contributed by atoms with Crippen molar-refractivity contribution in [2.45, 2.75) is 13.5 Å². The number of carbonyl (C=O) groups is 2. The third-order valence-corrected chi connectivity index (χ3v) is 6.41. The van der Waals surface area contributed by atoms with Crippen LogP contribution in [-0.2, 0) is 11.3 Å². The zero-order chi connectivity index (χ0) is 22.5. The molecule has 31 heavy (non-hydrogen) atoms. The molecule has 2 aromatic rings. The van der Waals surface area contributed by atoms with Crippen molar-refractivity contribution in [3.8, 4) is 11.5 Å². The SMILES string of the molecule is C=CCOc1c(Br)cc(/C=C2\SC(=O)N(Cc3ccc(Cl)c(Cl)c3)C2=O)cc1OCC. The average Bonchev–Trinajstić information content (AvgIpc) is 2.98. The van der Waals surface area contributed by atoms with E-state index in [1.165, 1.54) is 4.90 Å². The van der Waals surface area contributed by atoms with Gasteiger partial charge in [0.05, 0.1) is 32.6 Å². The van der Waals surface area contributed by atoms with Crippen molar-refractivity contribution in [3.63, 3.8) is 0 Å². The number of hydrogen-bond donors (Lipinski definition) is 0. The van der Waals surface area contributed by atoms with Crippen LogP contribution in [0.3, 0.4) is 0 Å². The lowest BCUT2D eigenvalue weighted by molar-refractivity contribution is -0.123. The van der Waals surface area contributed by atoms with Crippen LogP contribution in [0.25, 0.3) is 6.08 Å². The second kappa shape index (κ2) is 10.6. The third kappa shape index (κ3) is 5.66. The van der Waals surface area contributed by atoms with Gasteiger partial charge in [0.15, 0.2) is 11.5 Å². The number of benzene rings is 2. The second-order valence-electron chi connectivity index (χ2n) is 6.38. The third-order valence-electron chi connectivity index (χ3n) is 4.17. The van der Waals surface area contributed by atoms with Crippen LogP contribution in [0.4, 0.5) is 4.79 Å². The average molecular weight is 543 g/mol. The first-order valence-electron chi connectivity index (χ1n) is 9.23. The van der Waals surface area contributed by atoms with Crippen molar-refractivity contribution in [2.24, 2.45) is 0 Å². The first-order valence-corrected chi connectivity index (χ1v) is 11.6. The molecule has 0 saturated carbocycles. The molecule has 1 fully saturated rings. The van der Waals surface area contributed by atoms with Crippen LogP contribution >= 0.6 is 50.9 Å². The van der Waals surface area contributed by atoms with Crippen LogP contribution in [0, 0.1) is 0 Å². The maximum atomic E-state index is 12.9. The standard InChI is InChI=1S/C22H18BrCl2NO4S/c1-3-7-30-20-15(23)8-14(10-18(20)29-4-2)11-19-21(27)26(22(28)31-19)12-13-5-6-16(24)17(25)9-13/h3,5-6,8-11H,1,4,7,12H2,2H3/b19-11-. The van der Waals surface area contributed by atoms with E-state index < -0.39 is 0 Å². The summed E-state index contributed by atoms with van der Waals surface area (Å²) in [5.74, 6) is 0.703. The largest absolute Gasteiger partial charge is 0.490 e. The minimum Gasteiger partial charge on any atom is -0.490 e. The normalized spacial score (nSPS) is 15.0. The summed E-state index contributed by atoms with van der Waals surface area (Å²) in [4.78, 5) is 26.8. The summed E-state index contributed by atoms with van der Waals surface area (Å²) in [6, 6.07) is 8.57. The van der Waals surface area contributed by atoms with Crippen molar-refractivity contribution in [2.75, 3.05) is 13.2 Å². The van der Waals surface area contributed by atoms with Gasteiger partial charge in [-0.2, -0.15) is 0 Å². The highest BCUT2D eigenvalue weighted by Gasteiger charge is 2.35. The van der Waals surface area contributed by atoms with Crippen LogP contribution in [0.2, 0.25) is 10.0 Å². The Labute approximate surface area is 203 Å². The number of halogens is 3. The number of carbonyl (C=O) groups excluding carboxylic acids is 2. The zero-order valence-corrected chi connectivity index (χ0v) is 20.4. The molecule has 162 valence electrons. The van der Waals surface area contributed by atoms with Gasteiger partial charge in [0.1, 0.15) is 6.61 Å². The van der Waals surface area contributed by atoms with Gasteiger partial charge in [-0.25, -0.2) is 0 Å². The molecule has 1 aliphatic heterocycles. The molecule has 0 N–H and O–H groups in total. The number of nitrogens with zero attached hydrogens (tertiary/aromatic N) is 1. The van der Waals surface area contributed by atoms with E-state index in [1.807, 2.05) is 6.92 Å². The Morgan fingerprint density at radius 2 is 1.94 bits per heavy atom. The summed E-state index contributed by atoms with van der Waals surface area (Å²) in [6.07, 6.45) is 3.30. The Morgan fingerprint density at radius 3 is 2.61 bits per heavy atom. The van der Waals surface area contributed by atoms with Crippen LogP contribution in [0.5, 0.6) is 11.5 Å². The molecule has 3 rings (SSSR count). The molecule has 1 heterocycles. The van der Waals surface area contributed by atoms with Crippen LogP contribution < -0.4 is 9.47 Å². The summed E-state index contributed by atoms with van der Waals surface area (Å²) in [5, 5.41) is 0.432. The zero-order valence-electron chi connectivity index (χ0n) is 16.5.